The van der Waals surface area contributed by atoms with Crippen LogP contribution in [0.4, 0.5) is 11.4 Å². The van der Waals surface area contributed by atoms with Gasteiger partial charge in [0.05, 0.1) is 38.4 Å². The van der Waals surface area contributed by atoms with Crippen LogP contribution in [-0.4, -0.2) is 47.1 Å². The molecule has 1 atom stereocenters. The van der Waals surface area contributed by atoms with Crippen LogP contribution in [0.3, 0.4) is 0 Å². The Balaban J connectivity index is 1.33. The van der Waals surface area contributed by atoms with Crippen LogP contribution < -0.4 is 9.80 Å². The fourth-order valence-electron chi connectivity index (χ4n) is 5.11. The van der Waals surface area contributed by atoms with Gasteiger partial charge in [-0.15, -0.1) is 0 Å². The summed E-state index contributed by atoms with van der Waals surface area (Å²) in [5, 5.41) is 0.605. The van der Waals surface area contributed by atoms with E-state index in [1.165, 1.54) is 0 Å². The number of hydrogen-bond donors (Lipinski definition) is 0. The smallest absolute Gasteiger partial charge is 0.259 e. The standard InChI is InChI=1S/C31H26ClN3O3S/c32-24-13-10-22(11-14-24)21-35-27-20-23(12-15-29(27)39(38)28-9-5-4-8-26(28)31(35)37)30(36)34-18-16-33(17-19-34)25-6-2-1-3-7-25/h1-15,20H,16-19,21H2. The molecule has 0 aliphatic carbocycles. The van der Waals surface area contributed by atoms with Crippen molar-refractivity contribution in [3.8, 4) is 0 Å². The van der Waals surface area contributed by atoms with E-state index in [1.807, 2.05) is 35.2 Å². The van der Waals surface area contributed by atoms with Crippen molar-refractivity contribution in [2.45, 2.75) is 16.3 Å². The molecule has 1 saturated heterocycles. The zero-order valence-electron chi connectivity index (χ0n) is 21.1. The van der Waals surface area contributed by atoms with Gasteiger partial charge in [-0.05, 0) is 60.2 Å². The highest BCUT2D eigenvalue weighted by molar-refractivity contribution is 7.85. The fourth-order valence-corrected chi connectivity index (χ4v) is 6.59. The lowest BCUT2D eigenvalue weighted by atomic mass is 10.1. The molecule has 2 aliphatic heterocycles. The third-order valence-corrected chi connectivity index (χ3v) is 8.95. The number of hydrogen-bond acceptors (Lipinski definition) is 4. The molecule has 0 bridgehead atoms. The maximum Gasteiger partial charge on any atom is 0.259 e. The van der Waals surface area contributed by atoms with Gasteiger partial charge in [-0.2, -0.15) is 0 Å². The number of anilines is 2. The van der Waals surface area contributed by atoms with Gasteiger partial charge >= 0.3 is 0 Å². The minimum Gasteiger partial charge on any atom is -0.368 e. The highest BCUT2D eigenvalue weighted by atomic mass is 35.5. The van der Waals surface area contributed by atoms with Crippen molar-refractivity contribution in [3.05, 3.63) is 119 Å². The van der Waals surface area contributed by atoms with E-state index < -0.39 is 10.8 Å². The molecule has 1 unspecified atom stereocenters. The summed E-state index contributed by atoms with van der Waals surface area (Å²) in [6.45, 7) is 2.91. The second-order valence-corrected chi connectivity index (χ2v) is 11.4. The molecule has 0 radical (unpaired) electrons. The molecule has 8 heteroatoms. The van der Waals surface area contributed by atoms with E-state index in [-0.39, 0.29) is 18.4 Å². The van der Waals surface area contributed by atoms with E-state index >= 15 is 0 Å². The molecule has 4 aromatic carbocycles. The summed E-state index contributed by atoms with van der Waals surface area (Å²) in [5.41, 5.74) is 3.37. The molecular weight excluding hydrogens is 530 g/mol. The zero-order valence-corrected chi connectivity index (χ0v) is 22.7. The number of fused-ring (bicyclic) bond motifs is 2. The Labute approximate surface area is 234 Å². The monoisotopic (exact) mass is 555 g/mol. The van der Waals surface area contributed by atoms with E-state index in [4.69, 9.17) is 11.6 Å². The van der Waals surface area contributed by atoms with Gasteiger partial charge in [-0.1, -0.05) is 54.1 Å². The molecule has 196 valence electrons. The summed E-state index contributed by atoms with van der Waals surface area (Å²) in [7, 11) is -1.58. The van der Waals surface area contributed by atoms with E-state index in [2.05, 4.69) is 17.0 Å². The molecule has 2 aliphatic rings. The number of benzene rings is 4. The van der Waals surface area contributed by atoms with Crippen LogP contribution in [0.5, 0.6) is 0 Å². The predicted molar refractivity (Wildman–Crippen MR) is 154 cm³/mol. The normalized spacial score (nSPS) is 16.9. The molecule has 2 heterocycles. The van der Waals surface area contributed by atoms with Gasteiger partial charge in [0, 0.05) is 42.5 Å². The minimum absolute atomic E-state index is 0.100. The molecule has 0 aromatic heterocycles. The highest BCUT2D eigenvalue weighted by Gasteiger charge is 2.32. The van der Waals surface area contributed by atoms with Crippen LogP contribution in [0.2, 0.25) is 5.02 Å². The number of piperazine rings is 1. The van der Waals surface area contributed by atoms with Gasteiger partial charge in [0.2, 0.25) is 0 Å². The SMILES string of the molecule is O=C(c1ccc2c(c1)N(Cc1ccc(Cl)cc1)C(=O)c1ccccc1S2=O)N1CCN(c2ccccc2)CC1. The van der Waals surface area contributed by atoms with Crippen LogP contribution >= 0.6 is 11.6 Å². The van der Waals surface area contributed by atoms with Gasteiger partial charge in [0.15, 0.2) is 0 Å². The van der Waals surface area contributed by atoms with Gasteiger partial charge < -0.3 is 14.7 Å². The van der Waals surface area contributed by atoms with Crippen molar-refractivity contribution < 1.29 is 13.8 Å². The second kappa shape index (κ2) is 10.7. The average Bonchev–Trinajstić information content (AvgIpc) is 3.07. The highest BCUT2D eigenvalue weighted by Crippen LogP contribution is 2.36. The maximum absolute atomic E-state index is 13.8. The zero-order chi connectivity index (χ0) is 26.9. The molecule has 4 aromatic rings. The third kappa shape index (κ3) is 4.95. The van der Waals surface area contributed by atoms with Gasteiger partial charge in [0.25, 0.3) is 11.8 Å². The number of carbonyl (C=O) groups excluding carboxylic acids is 2. The molecule has 6 nitrogen and oxygen atoms in total. The first-order valence-corrected chi connectivity index (χ1v) is 14.3. The third-order valence-electron chi connectivity index (χ3n) is 7.20. The number of nitrogens with zero attached hydrogens (tertiary/aromatic N) is 3. The number of amides is 2. The lowest BCUT2D eigenvalue weighted by Gasteiger charge is -2.36. The molecule has 6 rings (SSSR count). The van der Waals surface area contributed by atoms with Crippen LogP contribution in [0.15, 0.2) is 107 Å². The average molecular weight is 556 g/mol. The van der Waals surface area contributed by atoms with Crippen molar-refractivity contribution in [3.63, 3.8) is 0 Å². The number of para-hydroxylation sites is 1. The van der Waals surface area contributed by atoms with Crippen LogP contribution in [-0.2, 0) is 17.3 Å². The number of rotatable bonds is 4. The number of carbonyl (C=O) groups is 2. The largest absolute Gasteiger partial charge is 0.368 e. The first kappa shape index (κ1) is 25.3. The van der Waals surface area contributed by atoms with E-state index in [0.717, 1.165) is 24.3 Å². The summed E-state index contributed by atoms with van der Waals surface area (Å²) in [6, 6.07) is 29.6. The molecule has 0 spiro atoms. The number of halogens is 1. The molecule has 0 saturated carbocycles. The summed E-state index contributed by atoms with van der Waals surface area (Å²) in [5.74, 6) is -0.356. The Hall–Kier alpha value is -3.94. The van der Waals surface area contributed by atoms with Crippen LogP contribution in [0.25, 0.3) is 0 Å². The Bertz CT molecular complexity index is 1570. The van der Waals surface area contributed by atoms with Gasteiger partial charge in [-0.3, -0.25) is 9.59 Å². The van der Waals surface area contributed by atoms with E-state index in [0.29, 0.717) is 44.7 Å². The lowest BCUT2D eigenvalue weighted by molar-refractivity contribution is 0.0746. The van der Waals surface area contributed by atoms with Crippen molar-refractivity contribution in [2.75, 3.05) is 36.0 Å². The summed E-state index contributed by atoms with van der Waals surface area (Å²) >= 11 is 6.08. The molecular formula is C31H26ClN3O3S. The first-order chi connectivity index (χ1) is 19.0. The Morgan fingerprint density at radius 2 is 1.49 bits per heavy atom. The van der Waals surface area contributed by atoms with E-state index in [9.17, 15) is 13.8 Å². The summed E-state index contributed by atoms with van der Waals surface area (Å²) < 4.78 is 13.7. The predicted octanol–water partition coefficient (Wildman–Crippen LogP) is 5.63. The molecule has 2 amide bonds. The maximum atomic E-state index is 13.8. The first-order valence-electron chi connectivity index (χ1n) is 12.8. The Morgan fingerprint density at radius 1 is 0.795 bits per heavy atom. The fraction of sp³-hybridized carbons (Fsp3) is 0.161. The molecule has 0 N–H and O–H groups in total. The van der Waals surface area contributed by atoms with E-state index in [1.54, 1.807) is 59.5 Å². The topological polar surface area (TPSA) is 60.9 Å². The molecule has 39 heavy (non-hydrogen) atoms. The minimum atomic E-state index is -1.58. The Morgan fingerprint density at radius 3 is 2.23 bits per heavy atom. The van der Waals surface area contributed by atoms with Crippen LogP contribution in [0.1, 0.15) is 26.3 Å². The van der Waals surface area contributed by atoms with Crippen LogP contribution in [0, 0.1) is 0 Å². The van der Waals surface area contributed by atoms with Crippen molar-refractivity contribution >= 4 is 45.6 Å². The van der Waals surface area contributed by atoms with Crippen molar-refractivity contribution in [2.24, 2.45) is 0 Å². The summed E-state index contributed by atoms with van der Waals surface area (Å²) in [6.07, 6.45) is 0. The lowest BCUT2D eigenvalue weighted by Crippen LogP contribution is -2.48. The summed E-state index contributed by atoms with van der Waals surface area (Å²) in [4.78, 5) is 34.2. The second-order valence-electron chi connectivity index (χ2n) is 9.58. The van der Waals surface area contributed by atoms with Gasteiger partial charge in [-0.25, -0.2) is 4.21 Å². The Kier molecular flexibility index (Phi) is 6.94. The quantitative estimate of drug-likeness (QED) is 0.327. The van der Waals surface area contributed by atoms with Crippen molar-refractivity contribution in [1.82, 2.24) is 4.90 Å². The van der Waals surface area contributed by atoms with Crippen molar-refractivity contribution in [1.29, 1.82) is 0 Å². The van der Waals surface area contributed by atoms with Gasteiger partial charge in [0.1, 0.15) is 0 Å². The molecule has 1 fully saturated rings.